The van der Waals surface area contributed by atoms with Gasteiger partial charge in [0, 0.05) is 17.6 Å². The van der Waals surface area contributed by atoms with Crippen molar-refractivity contribution in [2.24, 2.45) is 0 Å². The molecule has 0 aliphatic carbocycles. The lowest BCUT2D eigenvalue weighted by molar-refractivity contribution is 0.0939. The van der Waals surface area contributed by atoms with Crippen LogP contribution in [0.25, 0.3) is 11.0 Å². The van der Waals surface area contributed by atoms with Crippen molar-refractivity contribution in [1.29, 1.82) is 0 Å². The molecule has 0 spiro atoms. The minimum Gasteiger partial charge on any atom is -0.345 e. The molecule has 5 nitrogen and oxygen atoms in total. The highest BCUT2D eigenvalue weighted by atomic mass is 19.1. The summed E-state index contributed by atoms with van der Waals surface area (Å²) in [6.45, 7) is 5.91. The van der Waals surface area contributed by atoms with Crippen LogP contribution < -0.4 is 5.32 Å². The Bertz CT molecular complexity index is 870. The molecule has 0 saturated heterocycles. The van der Waals surface area contributed by atoms with E-state index in [4.69, 9.17) is 0 Å². The minimum absolute atomic E-state index is 0.202. The normalized spacial score (nSPS) is 12.5. The van der Waals surface area contributed by atoms with Gasteiger partial charge in [-0.05, 0) is 44.5 Å². The largest absolute Gasteiger partial charge is 0.345 e. The summed E-state index contributed by atoms with van der Waals surface area (Å²) < 4.78 is 14.8. The third-order valence-corrected chi connectivity index (χ3v) is 3.90. The Labute approximate surface area is 139 Å². The van der Waals surface area contributed by atoms with Crippen LogP contribution in [0.4, 0.5) is 4.39 Å². The summed E-state index contributed by atoms with van der Waals surface area (Å²) in [4.78, 5) is 16.8. The zero-order valence-electron chi connectivity index (χ0n) is 13.8. The molecule has 2 aromatic heterocycles. The second-order valence-corrected chi connectivity index (χ2v) is 6.07. The van der Waals surface area contributed by atoms with Crippen LogP contribution in [0.3, 0.4) is 0 Å². The van der Waals surface area contributed by atoms with E-state index < -0.39 is 0 Å². The molecule has 0 aliphatic heterocycles. The van der Waals surface area contributed by atoms with Gasteiger partial charge in [-0.15, -0.1) is 0 Å². The lowest BCUT2D eigenvalue weighted by Crippen LogP contribution is -2.26. The first-order valence-electron chi connectivity index (χ1n) is 7.85. The van der Waals surface area contributed by atoms with E-state index in [0.29, 0.717) is 5.56 Å². The van der Waals surface area contributed by atoms with Gasteiger partial charge in [-0.3, -0.25) is 4.79 Å². The lowest BCUT2D eigenvalue weighted by atomic mass is 10.1. The molecule has 0 unspecified atom stereocenters. The Hall–Kier alpha value is -2.76. The summed E-state index contributed by atoms with van der Waals surface area (Å²) >= 11 is 0. The van der Waals surface area contributed by atoms with Crippen LogP contribution in [0, 0.1) is 5.82 Å². The van der Waals surface area contributed by atoms with Crippen molar-refractivity contribution in [1.82, 2.24) is 20.1 Å². The molecule has 124 valence electrons. The van der Waals surface area contributed by atoms with Crippen LogP contribution in [0.2, 0.25) is 0 Å². The predicted molar refractivity (Wildman–Crippen MR) is 90.2 cm³/mol. The molecule has 2 heterocycles. The standard InChI is InChI=1S/C18H19FN4O/c1-11(2)23-17-14(10-21-23)8-15(9-20-17)18(24)22-12(3)13-4-6-16(19)7-5-13/h4-12H,1-3H3,(H,22,24)/t12-/m1/s1. The number of benzene rings is 1. The summed E-state index contributed by atoms with van der Waals surface area (Å²) in [6, 6.07) is 7.84. The quantitative estimate of drug-likeness (QED) is 0.796. The minimum atomic E-state index is -0.297. The van der Waals surface area contributed by atoms with Crippen molar-refractivity contribution in [3.05, 3.63) is 59.7 Å². The summed E-state index contributed by atoms with van der Waals surface area (Å²) in [7, 11) is 0. The summed E-state index contributed by atoms with van der Waals surface area (Å²) in [5, 5.41) is 8.02. The van der Waals surface area contributed by atoms with Gasteiger partial charge in [-0.25, -0.2) is 14.1 Å². The van der Waals surface area contributed by atoms with Crippen molar-refractivity contribution >= 4 is 16.9 Å². The molecular weight excluding hydrogens is 307 g/mol. The van der Waals surface area contributed by atoms with Gasteiger partial charge < -0.3 is 5.32 Å². The van der Waals surface area contributed by atoms with Gasteiger partial charge >= 0.3 is 0 Å². The van der Waals surface area contributed by atoms with E-state index in [1.807, 2.05) is 25.5 Å². The lowest BCUT2D eigenvalue weighted by Gasteiger charge is -2.14. The van der Waals surface area contributed by atoms with Crippen molar-refractivity contribution in [2.75, 3.05) is 0 Å². The van der Waals surface area contributed by atoms with E-state index in [1.54, 1.807) is 30.6 Å². The van der Waals surface area contributed by atoms with E-state index in [9.17, 15) is 9.18 Å². The summed E-state index contributed by atoms with van der Waals surface area (Å²) in [5.74, 6) is -0.521. The highest BCUT2D eigenvalue weighted by Crippen LogP contribution is 2.18. The number of nitrogens with zero attached hydrogens (tertiary/aromatic N) is 3. The number of aromatic nitrogens is 3. The maximum atomic E-state index is 13.0. The second kappa shape index (κ2) is 6.39. The van der Waals surface area contributed by atoms with Gasteiger partial charge in [-0.2, -0.15) is 5.10 Å². The topological polar surface area (TPSA) is 59.8 Å². The van der Waals surface area contributed by atoms with Crippen LogP contribution in [0.5, 0.6) is 0 Å². The number of nitrogens with one attached hydrogen (secondary N) is 1. The zero-order chi connectivity index (χ0) is 17.3. The van der Waals surface area contributed by atoms with Gasteiger partial charge in [0.25, 0.3) is 5.91 Å². The molecule has 0 bridgehead atoms. The number of carbonyl (C=O) groups excluding carboxylic acids is 1. The first-order valence-corrected chi connectivity index (χ1v) is 7.85. The maximum absolute atomic E-state index is 13.0. The van der Waals surface area contributed by atoms with Crippen molar-refractivity contribution in [3.63, 3.8) is 0 Å². The molecular formula is C18H19FN4O. The highest BCUT2D eigenvalue weighted by Gasteiger charge is 2.14. The fourth-order valence-corrected chi connectivity index (χ4v) is 2.56. The Kier molecular flexibility index (Phi) is 4.29. The Morgan fingerprint density at radius 1 is 1.17 bits per heavy atom. The number of fused-ring (bicyclic) bond motifs is 1. The molecule has 3 rings (SSSR count). The van der Waals surface area contributed by atoms with Crippen molar-refractivity contribution in [2.45, 2.75) is 32.9 Å². The molecule has 0 saturated carbocycles. The zero-order valence-corrected chi connectivity index (χ0v) is 13.8. The van der Waals surface area contributed by atoms with Crippen LogP contribution in [-0.2, 0) is 0 Å². The number of pyridine rings is 1. The van der Waals surface area contributed by atoms with E-state index in [0.717, 1.165) is 16.6 Å². The SMILES string of the molecule is CC(C)n1ncc2cc(C(=O)N[C@H](C)c3ccc(F)cc3)cnc21. The number of amides is 1. The molecule has 1 aromatic carbocycles. The van der Waals surface area contributed by atoms with Crippen molar-refractivity contribution in [3.8, 4) is 0 Å². The summed E-state index contributed by atoms with van der Waals surface area (Å²) in [5.41, 5.74) is 2.07. The van der Waals surface area contributed by atoms with Gasteiger partial charge in [0.1, 0.15) is 5.82 Å². The number of carbonyl (C=O) groups is 1. The fraction of sp³-hybridized carbons (Fsp3) is 0.278. The van der Waals surface area contributed by atoms with Gasteiger partial charge in [0.05, 0.1) is 17.8 Å². The third kappa shape index (κ3) is 3.13. The predicted octanol–water partition coefficient (Wildman–Crippen LogP) is 3.64. The Morgan fingerprint density at radius 3 is 2.54 bits per heavy atom. The molecule has 1 atom stereocenters. The van der Waals surface area contributed by atoms with Gasteiger partial charge in [-0.1, -0.05) is 12.1 Å². The molecule has 1 amide bonds. The molecule has 0 fully saturated rings. The van der Waals surface area contributed by atoms with Crippen molar-refractivity contribution < 1.29 is 9.18 Å². The van der Waals surface area contributed by atoms with Crippen LogP contribution in [-0.4, -0.2) is 20.7 Å². The number of hydrogen-bond donors (Lipinski definition) is 1. The van der Waals surface area contributed by atoms with E-state index >= 15 is 0 Å². The van der Waals surface area contributed by atoms with Crippen LogP contribution in [0.15, 0.2) is 42.7 Å². The second-order valence-electron chi connectivity index (χ2n) is 6.07. The third-order valence-electron chi connectivity index (χ3n) is 3.90. The number of hydrogen-bond acceptors (Lipinski definition) is 3. The average molecular weight is 326 g/mol. The maximum Gasteiger partial charge on any atom is 0.253 e. The first kappa shape index (κ1) is 16.1. The molecule has 0 radical (unpaired) electrons. The van der Waals surface area contributed by atoms with E-state index in [1.165, 1.54) is 12.1 Å². The van der Waals surface area contributed by atoms with Gasteiger partial charge in [0.15, 0.2) is 5.65 Å². The molecule has 6 heteroatoms. The number of halogens is 1. The first-order chi connectivity index (χ1) is 11.5. The molecule has 1 N–H and O–H groups in total. The fourth-order valence-electron chi connectivity index (χ4n) is 2.56. The Morgan fingerprint density at radius 2 is 1.88 bits per heavy atom. The monoisotopic (exact) mass is 326 g/mol. The highest BCUT2D eigenvalue weighted by molar-refractivity contribution is 5.97. The van der Waals surface area contributed by atoms with Gasteiger partial charge in [0.2, 0.25) is 0 Å². The molecule has 3 aromatic rings. The van der Waals surface area contributed by atoms with E-state index in [-0.39, 0.29) is 23.8 Å². The molecule has 24 heavy (non-hydrogen) atoms. The van der Waals surface area contributed by atoms with Crippen LogP contribution in [0.1, 0.15) is 48.8 Å². The van der Waals surface area contributed by atoms with Crippen LogP contribution >= 0.6 is 0 Å². The number of rotatable bonds is 4. The van der Waals surface area contributed by atoms with E-state index in [2.05, 4.69) is 15.4 Å². The summed E-state index contributed by atoms with van der Waals surface area (Å²) in [6.07, 6.45) is 3.26. The smallest absolute Gasteiger partial charge is 0.253 e. The average Bonchev–Trinajstić information content (AvgIpc) is 2.98. The molecule has 0 aliphatic rings. The Balaban J connectivity index is 1.79.